The molecule has 4 rings (SSSR count). The molecular formula is C16H13BrN2O2. The minimum atomic E-state index is 0.585. The molecule has 0 saturated heterocycles. The van der Waals surface area contributed by atoms with Crippen LogP contribution in [-0.2, 0) is 0 Å². The highest BCUT2D eigenvalue weighted by Gasteiger charge is 2.15. The summed E-state index contributed by atoms with van der Waals surface area (Å²) in [5.41, 5.74) is 4.08. The average molecular weight is 345 g/mol. The zero-order valence-electron chi connectivity index (χ0n) is 11.4. The molecule has 0 aliphatic carbocycles. The Morgan fingerprint density at radius 2 is 1.86 bits per heavy atom. The second kappa shape index (κ2) is 4.77. The Bertz CT molecular complexity index is 799. The average Bonchev–Trinajstić information content (AvgIpc) is 2.90. The molecule has 0 unspecified atom stereocenters. The van der Waals surface area contributed by atoms with Gasteiger partial charge in [-0.2, -0.15) is 0 Å². The van der Waals surface area contributed by atoms with Gasteiger partial charge in [-0.1, -0.05) is 22.0 Å². The highest BCUT2D eigenvalue weighted by molar-refractivity contribution is 9.10. The highest BCUT2D eigenvalue weighted by atomic mass is 79.9. The lowest BCUT2D eigenvalue weighted by Gasteiger charge is -2.17. The summed E-state index contributed by atoms with van der Waals surface area (Å²) in [6, 6.07) is 10.1. The molecular weight excluding hydrogens is 332 g/mol. The van der Waals surface area contributed by atoms with Crippen molar-refractivity contribution in [3.05, 3.63) is 40.4 Å². The number of ether oxygens (including phenoxy) is 2. The van der Waals surface area contributed by atoms with E-state index in [4.69, 9.17) is 9.47 Å². The van der Waals surface area contributed by atoms with Gasteiger partial charge >= 0.3 is 0 Å². The van der Waals surface area contributed by atoms with Crippen LogP contribution >= 0.6 is 15.9 Å². The van der Waals surface area contributed by atoms with Crippen molar-refractivity contribution in [3.8, 4) is 22.9 Å². The van der Waals surface area contributed by atoms with Gasteiger partial charge in [-0.25, -0.2) is 4.98 Å². The number of benzene rings is 2. The van der Waals surface area contributed by atoms with Gasteiger partial charge in [0.05, 0.1) is 11.0 Å². The number of fused-ring (bicyclic) bond motifs is 2. The zero-order valence-corrected chi connectivity index (χ0v) is 13.0. The molecule has 1 N–H and O–H groups in total. The van der Waals surface area contributed by atoms with Crippen LogP contribution in [0.25, 0.3) is 22.4 Å². The van der Waals surface area contributed by atoms with Crippen molar-refractivity contribution in [2.45, 2.75) is 6.92 Å². The fraction of sp³-hybridized carbons (Fsp3) is 0.188. The van der Waals surface area contributed by atoms with E-state index in [1.807, 2.05) is 24.3 Å². The standard InChI is InChI=1S/C16H13BrN2O2/c1-9-6-10(2-3-11(9)17)16-18-12-7-14-15(8-13(12)19-16)21-5-4-20-14/h2-3,6-8H,4-5H2,1H3,(H,18,19). The zero-order chi connectivity index (χ0) is 14.4. The fourth-order valence-electron chi connectivity index (χ4n) is 2.48. The van der Waals surface area contributed by atoms with Crippen LogP contribution in [0.2, 0.25) is 0 Å². The maximum absolute atomic E-state index is 5.60. The number of hydrogen-bond donors (Lipinski definition) is 1. The Balaban J connectivity index is 1.84. The molecule has 106 valence electrons. The molecule has 21 heavy (non-hydrogen) atoms. The summed E-state index contributed by atoms with van der Waals surface area (Å²) in [5.74, 6) is 2.39. The summed E-state index contributed by atoms with van der Waals surface area (Å²) in [5, 5.41) is 0. The predicted octanol–water partition coefficient (Wildman–Crippen LogP) is 4.07. The van der Waals surface area contributed by atoms with Crippen LogP contribution in [-0.4, -0.2) is 23.2 Å². The Kier molecular flexibility index (Phi) is 2.89. The molecule has 2 aromatic carbocycles. The summed E-state index contributed by atoms with van der Waals surface area (Å²) in [6.07, 6.45) is 0. The highest BCUT2D eigenvalue weighted by Crippen LogP contribution is 2.35. The second-order valence-electron chi connectivity index (χ2n) is 5.06. The minimum absolute atomic E-state index is 0.585. The van der Waals surface area contributed by atoms with Gasteiger partial charge in [0.2, 0.25) is 0 Å². The van der Waals surface area contributed by atoms with E-state index in [0.29, 0.717) is 13.2 Å². The van der Waals surface area contributed by atoms with E-state index in [0.717, 1.165) is 38.4 Å². The lowest BCUT2D eigenvalue weighted by molar-refractivity contribution is 0.172. The first kappa shape index (κ1) is 12.7. The van der Waals surface area contributed by atoms with E-state index in [9.17, 15) is 0 Å². The summed E-state index contributed by atoms with van der Waals surface area (Å²) in [6.45, 7) is 3.24. The third-order valence-electron chi connectivity index (χ3n) is 3.58. The number of nitrogens with one attached hydrogen (secondary N) is 1. The van der Waals surface area contributed by atoms with Gasteiger partial charge in [0.15, 0.2) is 11.5 Å². The lowest BCUT2D eigenvalue weighted by Crippen LogP contribution is -2.15. The smallest absolute Gasteiger partial charge is 0.163 e. The number of aryl methyl sites for hydroxylation is 1. The molecule has 0 bridgehead atoms. The normalized spacial score (nSPS) is 13.6. The number of aromatic amines is 1. The minimum Gasteiger partial charge on any atom is -0.486 e. The molecule has 0 saturated carbocycles. The first-order chi connectivity index (χ1) is 10.2. The van der Waals surface area contributed by atoms with E-state index in [2.05, 4.69) is 38.9 Å². The molecule has 0 atom stereocenters. The van der Waals surface area contributed by atoms with Gasteiger partial charge in [-0.15, -0.1) is 0 Å². The Morgan fingerprint density at radius 1 is 1.10 bits per heavy atom. The van der Waals surface area contributed by atoms with Gasteiger partial charge in [0.25, 0.3) is 0 Å². The van der Waals surface area contributed by atoms with Gasteiger partial charge < -0.3 is 14.5 Å². The third kappa shape index (κ3) is 2.17. The van der Waals surface area contributed by atoms with Crippen LogP contribution < -0.4 is 9.47 Å². The molecule has 0 fully saturated rings. The number of rotatable bonds is 1. The van der Waals surface area contributed by atoms with Crippen LogP contribution in [0.3, 0.4) is 0 Å². The van der Waals surface area contributed by atoms with Crippen molar-refractivity contribution in [2.24, 2.45) is 0 Å². The van der Waals surface area contributed by atoms with Crippen molar-refractivity contribution in [3.63, 3.8) is 0 Å². The van der Waals surface area contributed by atoms with Gasteiger partial charge in [0.1, 0.15) is 19.0 Å². The number of nitrogens with zero attached hydrogens (tertiary/aromatic N) is 1. The molecule has 0 spiro atoms. The fourth-order valence-corrected chi connectivity index (χ4v) is 2.72. The third-order valence-corrected chi connectivity index (χ3v) is 4.47. The van der Waals surface area contributed by atoms with Crippen molar-refractivity contribution in [1.82, 2.24) is 9.97 Å². The Labute approximate surface area is 130 Å². The number of imidazole rings is 1. The first-order valence-electron chi connectivity index (χ1n) is 6.76. The van der Waals surface area contributed by atoms with E-state index in [1.165, 1.54) is 5.56 Å². The van der Waals surface area contributed by atoms with Crippen molar-refractivity contribution in [1.29, 1.82) is 0 Å². The molecule has 3 aromatic rings. The van der Waals surface area contributed by atoms with Crippen molar-refractivity contribution in [2.75, 3.05) is 13.2 Å². The largest absolute Gasteiger partial charge is 0.486 e. The number of hydrogen-bond acceptors (Lipinski definition) is 3. The van der Waals surface area contributed by atoms with Gasteiger partial charge in [0, 0.05) is 22.2 Å². The molecule has 0 radical (unpaired) electrons. The Morgan fingerprint density at radius 3 is 2.62 bits per heavy atom. The quantitative estimate of drug-likeness (QED) is 0.723. The molecule has 5 heteroatoms. The van der Waals surface area contributed by atoms with Crippen molar-refractivity contribution < 1.29 is 9.47 Å². The molecule has 2 heterocycles. The number of H-pyrrole nitrogens is 1. The van der Waals surface area contributed by atoms with Crippen LogP contribution in [0.4, 0.5) is 0 Å². The van der Waals surface area contributed by atoms with E-state index in [1.54, 1.807) is 0 Å². The van der Waals surface area contributed by atoms with Gasteiger partial charge in [-0.05, 0) is 24.6 Å². The molecule has 1 aromatic heterocycles. The van der Waals surface area contributed by atoms with Crippen LogP contribution in [0.5, 0.6) is 11.5 Å². The summed E-state index contributed by atoms with van der Waals surface area (Å²) >= 11 is 3.52. The molecule has 1 aliphatic rings. The monoisotopic (exact) mass is 344 g/mol. The maximum Gasteiger partial charge on any atom is 0.163 e. The van der Waals surface area contributed by atoms with E-state index < -0.39 is 0 Å². The van der Waals surface area contributed by atoms with Crippen LogP contribution in [0.15, 0.2) is 34.8 Å². The number of aromatic nitrogens is 2. The van der Waals surface area contributed by atoms with Gasteiger partial charge in [-0.3, -0.25) is 0 Å². The summed E-state index contributed by atoms with van der Waals surface area (Å²) in [4.78, 5) is 8.00. The number of halogens is 1. The summed E-state index contributed by atoms with van der Waals surface area (Å²) < 4.78 is 12.3. The van der Waals surface area contributed by atoms with E-state index in [-0.39, 0.29) is 0 Å². The summed E-state index contributed by atoms with van der Waals surface area (Å²) in [7, 11) is 0. The van der Waals surface area contributed by atoms with Crippen LogP contribution in [0.1, 0.15) is 5.56 Å². The second-order valence-corrected chi connectivity index (χ2v) is 5.92. The lowest BCUT2D eigenvalue weighted by atomic mass is 10.1. The van der Waals surface area contributed by atoms with E-state index >= 15 is 0 Å². The SMILES string of the molecule is Cc1cc(-c2nc3cc4c(cc3[nH]2)OCCO4)ccc1Br. The molecule has 4 nitrogen and oxygen atoms in total. The van der Waals surface area contributed by atoms with Crippen LogP contribution in [0, 0.1) is 6.92 Å². The predicted molar refractivity (Wildman–Crippen MR) is 85.0 cm³/mol. The Hall–Kier alpha value is -2.01. The van der Waals surface area contributed by atoms with Crippen molar-refractivity contribution >= 4 is 27.0 Å². The molecule has 1 aliphatic heterocycles. The first-order valence-corrected chi connectivity index (χ1v) is 7.56. The topological polar surface area (TPSA) is 47.1 Å². The molecule has 0 amide bonds. The maximum atomic E-state index is 5.60.